The molecule has 1 unspecified atom stereocenters. The van der Waals surface area contributed by atoms with Gasteiger partial charge in [0.15, 0.2) is 0 Å². The predicted molar refractivity (Wildman–Crippen MR) is 146 cm³/mol. The number of rotatable bonds is 13. The van der Waals surface area contributed by atoms with Crippen LogP contribution in [0.1, 0.15) is 23.7 Å². The molecule has 1 N–H and O–H groups in total. The summed E-state index contributed by atoms with van der Waals surface area (Å²) < 4.78 is 13.7. The molecule has 4 aromatic rings. The van der Waals surface area contributed by atoms with Crippen molar-refractivity contribution >= 4 is 0 Å². The average molecular weight is 496 g/mol. The lowest BCUT2D eigenvalue weighted by Crippen LogP contribution is -2.34. The Bertz CT molecular complexity index is 1270. The van der Waals surface area contributed by atoms with Crippen LogP contribution in [-0.4, -0.2) is 45.6 Å². The van der Waals surface area contributed by atoms with Crippen LogP contribution in [0.4, 0.5) is 0 Å². The standard InChI is InChI=1S/C31H33N3O3/c1-3-20-36-24-27(35)22-33(21-25-14-8-5-9-15-25)23-29-30(4-2)32-34(26-16-10-6-11-17-26)31(29)37-28-18-12-7-13-19-28/h1,5-19,27,35H,4,20-24H2,2H3. The van der Waals surface area contributed by atoms with Crippen LogP contribution < -0.4 is 4.74 Å². The maximum Gasteiger partial charge on any atom is 0.227 e. The summed E-state index contributed by atoms with van der Waals surface area (Å²) in [7, 11) is 0. The highest BCUT2D eigenvalue weighted by molar-refractivity contribution is 5.43. The van der Waals surface area contributed by atoms with E-state index in [1.54, 1.807) is 0 Å². The molecule has 0 saturated carbocycles. The molecule has 0 aliphatic carbocycles. The van der Waals surface area contributed by atoms with Crippen LogP contribution in [0, 0.1) is 12.3 Å². The van der Waals surface area contributed by atoms with Crippen LogP contribution in [0.2, 0.25) is 0 Å². The Morgan fingerprint density at radius 2 is 1.59 bits per heavy atom. The summed E-state index contributed by atoms with van der Waals surface area (Å²) in [6.45, 7) is 4.04. The first-order valence-corrected chi connectivity index (χ1v) is 12.5. The second kappa shape index (κ2) is 13.4. The van der Waals surface area contributed by atoms with Crippen LogP contribution in [0.15, 0.2) is 91.0 Å². The number of aryl methyl sites for hydroxylation is 1. The molecule has 0 spiro atoms. The van der Waals surface area contributed by atoms with Crippen LogP contribution in [0.3, 0.4) is 0 Å². The zero-order chi connectivity index (χ0) is 25.9. The Hall–Kier alpha value is -3.89. The number of aromatic nitrogens is 2. The number of aliphatic hydroxyl groups excluding tert-OH is 1. The number of hydrogen-bond donors (Lipinski definition) is 1. The van der Waals surface area contributed by atoms with E-state index in [0.29, 0.717) is 25.5 Å². The highest BCUT2D eigenvalue weighted by Crippen LogP contribution is 2.32. The van der Waals surface area contributed by atoms with Crippen molar-refractivity contribution in [3.63, 3.8) is 0 Å². The van der Waals surface area contributed by atoms with E-state index in [0.717, 1.165) is 34.7 Å². The molecule has 0 bridgehead atoms. The molecule has 0 aliphatic rings. The average Bonchev–Trinajstić information content (AvgIpc) is 3.27. The van der Waals surface area contributed by atoms with Gasteiger partial charge in [-0.05, 0) is 36.2 Å². The highest BCUT2D eigenvalue weighted by Gasteiger charge is 2.24. The number of para-hydroxylation sites is 2. The summed E-state index contributed by atoms with van der Waals surface area (Å²) in [5.74, 6) is 3.85. The van der Waals surface area contributed by atoms with Crippen LogP contribution >= 0.6 is 0 Å². The normalized spacial score (nSPS) is 11.8. The number of terminal acetylenes is 1. The number of nitrogens with zero attached hydrogens (tertiary/aromatic N) is 3. The van der Waals surface area contributed by atoms with Crippen molar-refractivity contribution in [2.24, 2.45) is 0 Å². The van der Waals surface area contributed by atoms with Crippen molar-refractivity contribution in [1.29, 1.82) is 0 Å². The van der Waals surface area contributed by atoms with Crippen molar-refractivity contribution in [3.05, 3.63) is 108 Å². The maximum absolute atomic E-state index is 10.7. The third-order valence-corrected chi connectivity index (χ3v) is 5.91. The van der Waals surface area contributed by atoms with Crippen LogP contribution in [-0.2, 0) is 24.2 Å². The lowest BCUT2D eigenvalue weighted by Gasteiger charge is -2.25. The number of benzene rings is 3. The van der Waals surface area contributed by atoms with Crippen molar-refractivity contribution in [2.75, 3.05) is 19.8 Å². The molecular formula is C31H33N3O3. The first-order valence-electron chi connectivity index (χ1n) is 12.5. The highest BCUT2D eigenvalue weighted by atomic mass is 16.5. The van der Waals surface area contributed by atoms with E-state index in [1.165, 1.54) is 0 Å². The molecule has 1 aromatic heterocycles. The fourth-order valence-corrected chi connectivity index (χ4v) is 4.22. The molecule has 0 amide bonds. The molecule has 3 aromatic carbocycles. The first-order chi connectivity index (χ1) is 18.2. The molecule has 0 aliphatic heterocycles. The van der Waals surface area contributed by atoms with E-state index in [9.17, 15) is 5.11 Å². The largest absolute Gasteiger partial charge is 0.439 e. The smallest absolute Gasteiger partial charge is 0.227 e. The molecule has 0 fully saturated rings. The van der Waals surface area contributed by atoms with Gasteiger partial charge in [-0.3, -0.25) is 4.90 Å². The SMILES string of the molecule is C#CCOCC(O)CN(Cc1ccccc1)Cc1c(CC)nn(-c2ccccc2)c1Oc1ccccc1. The molecule has 0 radical (unpaired) electrons. The van der Waals surface area contributed by atoms with Crippen molar-refractivity contribution in [3.8, 4) is 29.7 Å². The molecule has 37 heavy (non-hydrogen) atoms. The summed E-state index contributed by atoms with van der Waals surface area (Å²) in [4.78, 5) is 2.20. The van der Waals surface area contributed by atoms with Gasteiger partial charge in [0.25, 0.3) is 0 Å². The van der Waals surface area contributed by atoms with Crippen LogP contribution in [0.25, 0.3) is 5.69 Å². The first kappa shape index (κ1) is 26.2. The van der Waals surface area contributed by atoms with Gasteiger partial charge < -0.3 is 14.6 Å². The molecule has 0 saturated heterocycles. The van der Waals surface area contributed by atoms with Gasteiger partial charge in [0, 0.05) is 19.6 Å². The van der Waals surface area contributed by atoms with Gasteiger partial charge in [-0.25, -0.2) is 4.68 Å². The summed E-state index contributed by atoms with van der Waals surface area (Å²) in [6, 6.07) is 30.0. The molecular weight excluding hydrogens is 462 g/mol. The number of hydrogen-bond acceptors (Lipinski definition) is 5. The third-order valence-electron chi connectivity index (χ3n) is 5.91. The van der Waals surface area contributed by atoms with E-state index in [2.05, 4.69) is 29.9 Å². The van der Waals surface area contributed by atoms with Crippen molar-refractivity contribution < 1.29 is 14.6 Å². The summed E-state index contributed by atoms with van der Waals surface area (Å²) in [5, 5.41) is 15.7. The van der Waals surface area contributed by atoms with Gasteiger partial charge in [-0.2, -0.15) is 5.10 Å². The van der Waals surface area contributed by atoms with E-state index in [1.807, 2.05) is 83.5 Å². The fraction of sp³-hybridized carbons (Fsp3) is 0.258. The van der Waals surface area contributed by atoms with Crippen LogP contribution in [0.5, 0.6) is 11.6 Å². The van der Waals surface area contributed by atoms with E-state index in [4.69, 9.17) is 21.0 Å². The summed E-state index contributed by atoms with van der Waals surface area (Å²) in [6.07, 6.45) is 5.35. The molecule has 1 heterocycles. The Morgan fingerprint density at radius 1 is 0.946 bits per heavy atom. The maximum atomic E-state index is 10.7. The Kier molecular flexibility index (Phi) is 9.50. The predicted octanol–water partition coefficient (Wildman–Crippen LogP) is 5.24. The molecule has 6 heteroatoms. The second-order valence-electron chi connectivity index (χ2n) is 8.77. The lowest BCUT2D eigenvalue weighted by molar-refractivity contribution is 0.0241. The van der Waals surface area contributed by atoms with Gasteiger partial charge in [-0.15, -0.1) is 6.42 Å². The Labute approximate surface area is 219 Å². The molecule has 190 valence electrons. The zero-order valence-corrected chi connectivity index (χ0v) is 21.2. The van der Waals surface area contributed by atoms with Crippen molar-refractivity contribution in [1.82, 2.24) is 14.7 Å². The topological polar surface area (TPSA) is 59.8 Å². The van der Waals surface area contributed by atoms with E-state index >= 15 is 0 Å². The fourth-order valence-electron chi connectivity index (χ4n) is 4.22. The van der Waals surface area contributed by atoms with Gasteiger partial charge in [-0.1, -0.05) is 79.6 Å². The minimum absolute atomic E-state index is 0.173. The van der Waals surface area contributed by atoms with Gasteiger partial charge >= 0.3 is 0 Å². The van der Waals surface area contributed by atoms with Crippen molar-refractivity contribution in [2.45, 2.75) is 32.5 Å². The van der Waals surface area contributed by atoms with Gasteiger partial charge in [0.1, 0.15) is 12.4 Å². The quantitative estimate of drug-likeness (QED) is 0.203. The number of aliphatic hydroxyl groups is 1. The van der Waals surface area contributed by atoms with E-state index in [-0.39, 0.29) is 13.2 Å². The minimum atomic E-state index is -0.690. The molecule has 1 atom stereocenters. The van der Waals surface area contributed by atoms with E-state index < -0.39 is 6.10 Å². The summed E-state index contributed by atoms with van der Waals surface area (Å²) in [5.41, 5.74) is 4.01. The Morgan fingerprint density at radius 3 is 2.24 bits per heavy atom. The summed E-state index contributed by atoms with van der Waals surface area (Å²) >= 11 is 0. The monoisotopic (exact) mass is 495 g/mol. The zero-order valence-electron chi connectivity index (χ0n) is 21.2. The lowest BCUT2D eigenvalue weighted by atomic mass is 10.1. The second-order valence-corrected chi connectivity index (χ2v) is 8.77. The molecule has 4 rings (SSSR count). The third kappa shape index (κ3) is 7.31. The minimum Gasteiger partial charge on any atom is -0.439 e. The number of ether oxygens (including phenoxy) is 2. The van der Waals surface area contributed by atoms with Gasteiger partial charge in [0.05, 0.1) is 29.7 Å². The molecule has 6 nitrogen and oxygen atoms in total. The van der Waals surface area contributed by atoms with Gasteiger partial charge in [0.2, 0.25) is 5.88 Å². The Balaban J connectivity index is 1.70.